The Labute approximate surface area is 136 Å². The SMILES string of the molecule is CC(NC1CCCc2sc(I)cc21)c1ccccc1F. The van der Waals surface area contributed by atoms with Crippen LogP contribution in [0.15, 0.2) is 30.3 Å². The highest BCUT2D eigenvalue weighted by Gasteiger charge is 2.24. The van der Waals surface area contributed by atoms with Gasteiger partial charge in [0.15, 0.2) is 0 Å². The molecule has 0 saturated carbocycles. The molecule has 4 heteroatoms. The van der Waals surface area contributed by atoms with E-state index in [0.29, 0.717) is 6.04 Å². The van der Waals surface area contributed by atoms with Crippen LogP contribution in [0.5, 0.6) is 0 Å². The van der Waals surface area contributed by atoms with Crippen molar-refractivity contribution in [3.8, 4) is 0 Å². The van der Waals surface area contributed by atoms with Crippen molar-refractivity contribution in [3.05, 3.63) is 55.0 Å². The van der Waals surface area contributed by atoms with Crippen LogP contribution in [0.25, 0.3) is 0 Å². The molecule has 0 radical (unpaired) electrons. The van der Waals surface area contributed by atoms with Crippen LogP contribution in [0.1, 0.15) is 47.9 Å². The summed E-state index contributed by atoms with van der Waals surface area (Å²) in [5.74, 6) is -0.122. The summed E-state index contributed by atoms with van der Waals surface area (Å²) in [5, 5.41) is 3.61. The van der Waals surface area contributed by atoms with Gasteiger partial charge in [-0.05, 0) is 66.5 Å². The van der Waals surface area contributed by atoms with Gasteiger partial charge in [-0.25, -0.2) is 4.39 Å². The fourth-order valence-electron chi connectivity index (χ4n) is 2.91. The van der Waals surface area contributed by atoms with Gasteiger partial charge in [-0.15, -0.1) is 11.3 Å². The van der Waals surface area contributed by atoms with Crippen molar-refractivity contribution < 1.29 is 4.39 Å². The number of nitrogens with one attached hydrogen (secondary N) is 1. The molecule has 2 unspecified atom stereocenters. The number of hydrogen-bond donors (Lipinski definition) is 1. The molecule has 20 heavy (non-hydrogen) atoms. The molecule has 0 saturated heterocycles. The maximum atomic E-state index is 13.9. The zero-order valence-corrected chi connectivity index (χ0v) is 14.3. The Kier molecular flexibility index (Phi) is 4.43. The molecule has 1 aromatic carbocycles. The van der Waals surface area contributed by atoms with Crippen LogP contribution in [-0.4, -0.2) is 0 Å². The van der Waals surface area contributed by atoms with Gasteiger partial charge in [-0.3, -0.25) is 0 Å². The maximum absolute atomic E-state index is 13.9. The van der Waals surface area contributed by atoms with E-state index in [1.807, 2.05) is 30.4 Å². The third-order valence-corrected chi connectivity index (χ3v) is 5.88. The summed E-state index contributed by atoms with van der Waals surface area (Å²) in [4.78, 5) is 1.50. The van der Waals surface area contributed by atoms with Crippen LogP contribution in [0, 0.1) is 8.70 Å². The highest BCUT2D eigenvalue weighted by atomic mass is 127. The van der Waals surface area contributed by atoms with Crippen molar-refractivity contribution in [2.24, 2.45) is 0 Å². The molecule has 1 aliphatic rings. The summed E-state index contributed by atoms with van der Waals surface area (Å²) >= 11 is 4.28. The number of hydrogen-bond acceptors (Lipinski definition) is 2. The summed E-state index contributed by atoms with van der Waals surface area (Å²) < 4.78 is 15.2. The Morgan fingerprint density at radius 1 is 1.40 bits per heavy atom. The van der Waals surface area contributed by atoms with E-state index in [1.54, 1.807) is 6.07 Å². The fraction of sp³-hybridized carbons (Fsp3) is 0.375. The molecule has 2 atom stereocenters. The average molecular weight is 401 g/mol. The molecule has 1 nitrogen and oxygen atoms in total. The summed E-state index contributed by atoms with van der Waals surface area (Å²) in [5.41, 5.74) is 2.18. The van der Waals surface area contributed by atoms with E-state index in [2.05, 4.69) is 34.0 Å². The predicted octanol–water partition coefficient (Wildman–Crippen LogP) is 5.22. The van der Waals surface area contributed by atoms with E-state index in [0.717, 1.165) is 12.0 Å². The Bertz CT molecular complexity index is 610. The Morgan fingerprint density at radius 3 is 3.00 bits per heavy atom. The molecule has 3 rings (SSSR count). The third-order valence-electron chi connectivity index (χ3n) is 3.91. The topological polar surface area (TPSA) is 12.0 Å². The smallest absolute Gasteiger partial charge is 0.127 e. The van der Waals surface area contributed by atoms with Crippen molar-refractivity contribution >= 4 is 33.9 Å². The number of fused-ring (bicyclic) bond motifs is 1. The molecule has 0 bridgehead atoms. The van der Waals surface area contributed by atoms with Gasteiger partial charge in [0.25, 0.3) is 0 Å². The maximum Gasteiger partial charge on any atom is 0.127 e. The molecule has 0 spiro atoms. The molecule has 1 aliphatic carbocycles. The highest BCUT2D eigenvalue weighted by molar-refractivity contribution is 14.1. The standard InChI is InChI=1S/C16H17FINS/c1-10(11-5-2-3-6-13(11)17)19-14-7-4-8-15-12(14)9-16(18)20-15/h2-3,5-6,9-10,14,19H,4,7-8H2,1H3. The van der Waals surface area contributed by atoms with Crippen LogP contribution in [0.2, 0.25) is 0 Å². The largest absolute Gasteiger partial charge is 0.303 e. The van der Waals surface area contributed by atoms with E-state index >= 15 is 0 Å². The molecule has 106 valence electrons. The highest BCUT2D eigenvalue weighted by Crippen LogP contribution is 2.37. The zero-order chi connectivity index (χ0) is 14.1. The second-order valence-corrected chi connectivity index (χ2v) is 8.31. The van der Waals surface area contributed by atoms with Crippen LogP contribution in [0.3, 0.4) is 0 Å². The van der Waals surface area contributed by atoms with Gasteiger partial charge in [-0.2, -0.15) is 0 Å². The summed E-state index contributed by atoms with van der Waals surface area (Å²) in [6, 6.07) is 9.72. The van der Waals surface area contributed by atoms with Crippen LogP contribution >= 0.6 is 33.9 Å². The molecule has 1 N–H and O–H groups in total. The van der Waals surface area contributed by atoms with Crippen molar-refractivity contribution in [2.45, 2.75) is 38.3 Å². The van der Waals surface area contributed by atoms with E-state index < -0.39 is 0 Å². The fourth-order valence-corrected chi connectivity index (χ4v) is 5.03. The van der Waals surface area contributed by atoms with Gasteiger partial charge in [0, 0.05) is 22.5 Å². The van der Waals surface area contributed by atoms with E-state index in [1.165, 1.54) is 32.2 Å². The first kappa shape index (κ1) is 14.5. The molecular formula is C16H17FINS. The molecule has 1 aromatic heterocycles. The zero-order valence-electron chi connectivity index (χ0n) is 11.3. The lowest BCUT2D eigenvalue weighted by atomic mass is 9.93. The second-order valence-electron chi connectivity index (χ2n) is 5.28. The van der Waals surface area contributed by atoms with Crippen LogP contribution in [0.4, 0.5) is 4.39 Å². The minimum atomic E-state index is -0.122. The number of rotatable bonds is 3. The van der Waals surface area contributed by atoms with E-state index in [4.69, 9.17) is 0 Å². The van der Waals surface area contributed by atoms with Crippen LogP contribution < -0.4 is 5.32 Å². The van der Waals surface area contributed by atoms with Crippen molar-refractivity contribution in [1.82, 2.24) is 5.32 Å². The minimum absolute atomic E-state index is 0.0321. The summed E-state index contributed by atoms with van der Waals surface area (Å²) in [6.45, 7) is 2.05. The van der Waals surface area contributed by atoms with Gasteiger partial charge in [-0.1, -0.05) is 18.2 Å². The van der Waals surface area contributed by atoms with Crippen molar-refractivity contribution in [2.75, 3.05) is 0 Å². The number of halogens is 2. The van der Waals surface area contributed by atoms with Crippen molar-refractivity contribution in [1.29, 1.82) is 0 Å². The number of benzene rings is 1. The van der Waals surface area contributed by atoms with Crippen LogP contribution in [-0.2, 0) is 6.42 Å². The third kappa shape index (κ3) is 2.92. The molecular weight excluding hydrogens is 384 g/mol. The number of thiophene rings is 1. The molecule has 0 aliphatic heterocycles. The van der Waals surface area contributed by atoms with E-state index in [-0.39, 0.29) is 11.9 Å². The predicted molar refractivity (Wildman–Crippen MR) is 90.7 cm³/mol. The first-order valence-electron chi connectivity index (χ1n) is 6.93. The molecule has 2 aromatic rings. The van der Waals surface area contributed by atoms with Crippen molar-refractivity contribution in [3.63, 3.8) is 0 Å². The second kappa shape index (κ2) is 6.12. The molecule has 1 heterocycles. The first-order chi connectivity index (χ1) is 9.65. The lowest BCUT2D eigenvalue weighted by Crippen LogP contribution is -2.27. The van der Waals surface area contributed by atoms with Gasteiger partial charge in [0.05, 0.1) is 2.88 Å². The normalized spacial score (nSPS) is 19.6. The quantitative estimate of drug-likeness (QED) is 0.696. The summed E-state index contributed by atoms with van der Waals surface area (Å²) in [7, 11) is 0. The Balaban J connectivity index is 1.80. The van der Waals surface area contributed by atoms with E-state index in [9.17, 15) is 4.39 Å². The Morgan fingerprint density at radius 2 is 2.20 bits per heavy atom. The lowest BCUT2D eigenvalue weighted by Gasteiger charge is -2.27. The number of aryl methyl sites for hydroxylation is 1. The first-order valence-corrected chi connectivity index (χ1v) is 8.83. The van der Waals surface area contributed by atoms with Gasteiger partial charge in [0.2, 0.25) is 0 Å². The van der Waals surface area contributed by atoms with Gasteiger partial charge in [0.1, 0.15) is 5.82 Å². The lowest BCUT2D eigenvalue weighted by molar-refractivity contribution is 0.410. The minimum Gasteiger partial charge on any atom is -0.303 e. The Hall–Kier alpha value is -0.460. The average Bonchev–Trinajstić information content (AvgIpc) is 2.80. The molecule has 0 amide bonds. The summed E-state index contributed by atoms with van der Waals surface area (Å²) in [6.07, 6.45) is 3.54. The van der Waals surface area contributed by atoms with Gasteiger partial charge < -0.3 is 5.32 Å². The van der Waals surface area contributed by atoms with Gasteiger partial charge >= 0.3 is 0 Å². The monoisotopic (exact) mass is 401 g/mol. The molecule has 0 fully saturated rings.